The van der Waals surface area contributed by atoms with Crippen LogP contribution in [0.1, 0.15) is 38.5 Å². The van der Waals surface area contributed by atoms with Crippen LogP contribution >= 0.6 is 0 Å². The Kier molecular flexibility index (Phi) is 1.87. The lowest BCUT2D eigenvalue weighted by molar-refractivity contribution is -0.123. The van der Waals surface area contributed by atoms with Gasteiger partial charge in [0.05, 0.1) is 6.21 Å². The third-order valence-electron chi connectivity index (χ3n) is 2.78. The molecule has 1 fully saturated rings. The fourth-order valence-corrected chi connectivity index (χ4v) is 2.11. The summed E-state index contributed by atoms with van der Waals surface area (Å²) in [5.41, 5.74) is 2.43. The summed E-state index contributed by atoms with van der Waals surface area (Å²) in [4.78, 5) is 11.1. The van der Waals surface area contributed by atoms with Crippen molar-refractivity contribution < 1.29 is 4.79 Å². The van der Waals surface area contributed by atoms with Crippen LogP contribution in [0.5, 0.6) is 0 Å². The molecule has 1 N–H and O–H groups in total. The van der Waals surface area contributed by atoms with Gasteiger partial charge in [0.15, 0.2) is 0 Å². The van der Waals surface area contributed by atoms with Crippen molar-refractivity contribution in [3.05, 3.63) is 0 Å². The van der Waals surface area contributed by atoms with Crippen molar-refractivity contribution in [2.24, 2.45) is 10.5 Å². The minimum Gasteiger partial charge on any atom is -0.273 e. The summed E-state index contributed by atoms with van der Waals surface area (Å²) in [6, 6.07) is 0. The van der Waals surface area contributed by atoms with Gasteiger partial charge in [-0.05, 0) is 12.8 Å². The van der Waals surface area contributed by atoms with Crippen LogP contribution in [0.4, 0.5) is 0 Å². The van der Waals surface area contributed by atoms with Gasteiger partial charge in [-0.1, -0.05) is 19.3 Å². The molecule has 0 aromatic rings. The van der Waals surface area contributed by atoms with Gasteiger partial charge in [-0.25, -0.2) is 5.43 Å². The molecule has 1 radical (unpaired) electrons. The topological polar surface area (TPSA) is 41.5 Å². The van der Waals surface area contributed by atoms with E-state index in [-0.39, 0.29) is 11.3 Å². The van der Waals surface area contributed by atoms with Gasteiger partial charge in [-0.3, -0.25) is 4.79 Å². The highest BCUT2D eigenvalue weighted by molar-refractivity contribution is 5.85. The summed E-state index contributed by atoms with van der Waals surface area (Å²) in [5.74, 6) is 0.0515. The molecule has 1 aliphatic carbocycles. The molecule has 0 aromatic carbocycles. The smallest absolute Gasteiger partial charge is 0.241 e. The maximum atomic E-state index is 11.1. The summed E-state index contributed by atoms with van der Waals surface area (Å²) in [5, 5.41) is 3.79. The molecule has 1 spiro atoms. The largest absolute Gasteiger partial charge is 0.273 e. The Morgan fingerprint density at radius 3 is 2.75 bits per heavy atom. The summed E-state index contributed by atoms with van der Waals surface area (Å²) in [7, 11) is 0. The van der Waals surface area contributed by atoms with Gasteiger partial charge in [0.1, 0.15) is 0 Å². The van der Waals surface area contributed by atoms with Crippen molar-refractivity contribution in [2.45, 2.75) is 38.5 Å². The molecule has 1 amide bonds. The lowest BCUT2D eigenvalue weighted by Gasteiger charge is -2.33. The third-order valence-corrected chi connectivity index (χ3v) is 2.78. The molecule has 1 saturated carbocycles. The highest BCUT2D eigenvalue weighted by Crippen LogP contribution is 2.38. The van der Waals surface area contributed by atoms with E-state index in [4.69, 9.17) is 0 Å². The van der Waals surface area contributed by atoms with Crippen molar-refractivity contribution in [1.82, 2.24) is 5.43 Å². The number of nitrogens with zero attached hydrogens (tertiary/aromatic N) is 1. The van der Waals surface area contributed by atoms with Crippen molar-refractivity contribution in [3.63, 3.8) is 0 Å². The monoisotopic (exact) mass is 165 g/mol. The molecule has 2 aliphatic rings. The fourth-order valence-electron chi connectivity index (χ4n) is 2.11. The molecule has 65 valence electrons. The zero-order valence-corrected chi connectivity index (χ0v) is 7.10. The van der Waals surface area contributed by atoms with Gasteiger partial charge >= 0.3 is 0 Å². The first-order valence-electron chi connectivity index (χ1n) is 4.57. The molecule has 0 aromatic heterocycles. The highest BCUT2D eigenvalue weighted by atomic mass is 16.2. The van der Waals surface area contributed by atoms with Crippen molar-refractivity contribution in [2.75, 3.05) is 0 Å². The van der Waals surface area contributed by atoms with Crippen LogP contribution < -0.4 is 5.43 Å². The molecular weight excluding hydrogens is 152 g/mol. The Bertz CT molecular complexity index is 217. The van der Waals surface area contributed by atoms with E-state index < -0.39 is 0 Å². The van der Waals surface area contributed by atoms with Crippen LogP contribution in [-0.4, -0.2) is 12.1 Å². The minimum atomic E-state index is 0.000579. The maximum absolute atomic E-state index is 11.1. The SMILES string of the molecule is O=C1CC2([C]=NN1)CCCCC2. The number of rotatable bonds is 0. The van der Waals surface area contributed by atoms with E-state index >= 15 is 0 Å². The Hall–Kier alpha value is -0.860. The normalized spacial score (nSPS) is 27.2. The molecule has 0 unspecified atom stereocenters. The molecule has 0 bridgehead atoms. The van der Waals surface area contributed by atoms with Crippen LogP contribution in [0.25, 0.3) is 0 Å². The first-order valence-corrected chi connectivity index (χ1v) is 4.57. The summed E-state index contributed by atoms with van der Waals surface area (Å²) in [6.07, 6.45) is 9.56. The number of hydrogen-bond donors (Lipinski definition) is 1. The molecule has 0 atom stereocenters. The highest BCUT2D eigenvalue weighted by Gasteiger charge is 2.35. The van der Waals surface area contributed by atoms with E-state index in [1.165, 1.54) is 19.3 Å². The molecule has 1 aliphatic heterocycles. The van der Waals surface area contributed by atoms with Crippen LogP contribution in [0.3, 0.4) is 0 Å². The number of carbonyl (C=O) groups excluding carboxylic acids is 1. The summed E-state index contributed by atoms with van der Waals surface area (Å²) < 4.78 is 0. The third kappa shape index (κ3) is 1.36. The Morgan fingerprint density at radius 1 is 1.33 bits per heavy atom. The quantitative estimate of drug-likeness (QED) is 0.578. The van der Waals surface area contributed by atoms with E-state index in [1.54, 1.807) is 0 Å². The molecule has 0 saturated heterocycles. The van der Waals surface area contributed by atoms with Gasteiger partial charge < -0.3 is 0 Å². The second kappa shape index (κ2) is 2.88. The van der Waals surface area contributed by atoms with Crippen molar-refractivity contribution in [1.29, 1.82) is 0 Å². The standard InChI is InChI=1S/C9H13N2O/c12-8-6-9(7-10-11-8)4-2-1-3-5-9/h1-6H2,(H,11,12). The molecular formula is C9H13N2O. The van der Waals surface area contributed by atoms with Gasteiger partial charge in [0.2, 0.25) is 5.91 Å². The van der Waals surface area contributed by atoms with Crippen molar-refractivity contribution >= 4 is 12.1 Å². The number of carbonyl (C=O) groups is 1. The average Bonchev–Trinajstić information content (AvgIpc) is 2.05. The predicted molar refractivity (Wildman–Crippen MR) is 45.7 cm³/mol. The molecule has 1 heterocycles. The second-order valence-electron chi connectivity index (χ2n) is 3.78. The van der Waals surface area contributed by atoms with E-state index in [2.05, 4.69) is 16.7 Å². The predicted octanol–water partition coefficient (Wildman–Crippen LogP) is 1.32. The van der Waals surface area contributed by atoms with Gasteiger partial charge in [0.25, 0.3) is 0 Å². The molecule has 3 nitrogen and oxygen atoms in total. The van der Waals surface area contributed by atoms with Crippen LogP contribution in [0, 0.1) is 5.41 Å². The first-order chi connectivity index (χ1) is 5.81. The average molecular weight is 165 g/mol. The van der Waals surface area contributed by atoms with Crippen molar-refractivity contribution in [3.8, 4) is 0 Å². The van der Waals surface area contributed by atoms with E-state index in [0.717, 1.165) is 12.8 Å². The summed E-state index contributed by atoms with van der Waals surface area (Å²) >= 11 is 0. The molecule has 3 heteroatoms. The van der Waals surface area contributed by atoms with Gasteiger partial charge in [-0.15, -0.1) is 0 Å². The lowest BCUT2D eigenvalue weighted by Crippen LogP contribution is -2.37. The molecule has 2 rings (SSSR count). The second-order valence-corrected chi connectivity index (χ2v) is 3.78. The van der Waals surface area contributed by atoms with E-state index in [0.29, 0.717) is 6.42 Å². The van der Waals surface area contributed by atoms with E-state index in [1.807, 2.05) is 0 Å². The number of amides is 1. The molecule has 12 heavy (non-hydrogen) atoms. The fraction of sp³-hybridized carbons (Fsp3) is 0.778. The Labute approximate surface area is 72.2 Å². The Morgan fingerprint density at radius 2 is 2.08 bits per heavy atom. The summed E-state index contributed by atoms with van der Waals surface area (Å²) in [6.45, 7) is 0. The zero-order chi connectivity index (χ0) is 8.44. The number of nitrogens with one attached hydrogen (secondary N) is 1. The number of hydrogen-bond acceptors (Lipinski definition) is 2. The lowest BCUT2D eigenvalue weighted by atomic mass is 9.72. The Balaban J connectivity index is 2.12. The van der Waals surface area contributed by atoms with Crippen LogP contribution in [0.15, 0.2) is 5.10 Å². The van der Waals surface area contributed by atoms with Gasteiger partial charge in [-0.2, -0.15) is 5.10 Å². The maximum Gasteiger partial charge on any atom is 0.241 e. The van der Waals surface area contributed by atoms with Gasteiger partial charge in [0, 0.05) is 11.8 Å². The van der Waals surface area contributed by atoms with Crippen LogP contribution in [0.2, 0.25) is 0 Å². The first kappa shape index (κ1) is 7.77. The minimum absolute atomic E-state index is 0.000579. The zero-order valence-electron chi connectivity index (χ0n) is 7.10. The number of hydrazone groups is 1. The van der Waals surface area contributed by atoms with Crippen LogP contribution in [-0.2, 0) is 4.79 Å². The van der Waals surface area contributed by atoms with E-state index in [9.17, 15) is 4.79 Å².